The van der Waals surface area contributed by atoms with E-state index in [0.29, 0.717) is 34.8 Å². The smallest absolute Gasteiger partial charge is 0.252 e. The van der Waals surface area contributed by atoms with Gasteiger partial charge < -0.3 is 9.47 Å². The van der Waals surface area contributed by atoms with Gasteiger partial charge in [-0.05, 0) is 25.0 Å². The van der Waals surface area contributed by atoms with Gasteiger partial charge in [-0.3, -0.25) is 0 Å². The second-order valence-corrected chi connectivity index (χ2v) is 8.81. The Morgan fingerprint density at radius 1 is 1.30 bits per heavy atom. The molecule has 3 heterocycles. The number of halogens is 1. The summed E-state index contributed by atoms with van der Waals surface area (Å²) in [6.07, 6.45) is 1.49. The highest BCUT2D eigenvalue weighted by molar-refractivity contribution is 7.91. The van der Waals surface area contributed by atoms with Gasteiger partial charge in [0.25, 0.3) is 10.0 Å². The maximum absolute atomic E-state index is 12.6. The largest absolute Gasteiger partial charge is 0.350 e. The van der Waals surface area contributed by atoms with E-state index in [9.17, 15) is 8.42 Å². The van der Waals surface area contributed by atoms with Gasteiger partial charge >= 0.3 is 0 Å². The van der Waals surface area contributed by atoms with Crippen LogP contribution in [-0.2, 0) is 19.5 Å². The summed E-state index contributed by atoms with van der Waals surface area (Å²) in [6.45, 7) is 2.17. The third kappa shape index (κ3) is 2.88. The molecule has 1 aromatic rings. The lowest BCUT2D eigenvalue weighted by atomic mass is 9.99. The van der Waals surface area contributed by atoms with Gasteiger partial charge in [0, 0.05) is 19.0 Å². The topological polar surface area (TPSA) is 55.8 Å². The van der Waals surface area contributed by atoms with Crippen molar-refractivity contribution in [3.63, 3.8) is 0 Å². The highest BCUT2D eigenvalue weighted by Gasteiger charge is 2.36. The minimum atomic E-state index is -3.45. The third-order valence-electron chi connectivity index (χ3n) is 3.60. The Morgan fingerprint density at radius 2 is 2.05 bits per heavy atom. The highest BCUT2D eigenvalue weighted by Crippen LogP contribution is 2.32. The van der Waals surface area contributed by atoms with Crippen LogP contribution in [0.2, 0.25) is 4.34 Å². The van der Waals surface area contributed by atoms with E-state index in [2.05, 4.69) is 0 Å². The molecule has 1 aromatic heterocycles. The van der Waals surface area contributed by atoms with Crippen LogP contribution in [-0.4, -0.2) is 45.3 Å². The number of thiophene rings is 1. The summed E-state index contributed by atoms with van der Waals surface area (Å²) in [5.74, 6) is 0.108. The maximum atomic E-state index is 12.6. The van der Waals surface area contributed by atoms with E-state index in [1.807, 2.05) is 0 Å². The first-order valence-electron chi connectivity index (χ1n) is 6.56. The van der Waals surface area contributed by atoms with E-state index in [1.165, 1.54) is 4.31 Å². The summed E-state index contributed by atoms with van der Waals surface area (Å²) in [7, 11) is -3.45. The Morgan fingerprint density at radius 3 is 2.70 bits per heavy atom. The van der Waals surface area contributed by atoms with Gasteiger partial charge in [0.15, 0.2) is 6.29 Å². The zero-order valence-corrected chi connectivity index (χ0v) is 13.2. The molecule has 2 aliphatic heterocycles. The van der Waals surface area contributed by atoms with Crippen LogP contribution in [0.3, 0.4) is 0 Å². The fourth-order valence-electron chi connectivity index (χ4n) is 2.63. The van der Waals surface area contributed by atoms with Gasteiger partial charge in [0.2, 0.25) is 0 Å². The monoisotopic (exact) mass is 337 g/mol. The number of sulfonamides is 1. The van der Waals surface area contributed by atoms with Crippen LogP contribution in [0.4, 0.5) is 0 Å². The summed E-state index contributed by atoms with van der Waals surface area (Å²) in [4.78, 5) is 0. The fourth-order valence-corrected chi connectivity index (χ4v) is 5.80. The van der Waals surface area contributed by atoms with Gasteiger partial charge in [-0.2, -0.15) is 4.31 Å². The van der Waals surface area contributed by atoms with Crippen molar-refractivity contribution in [2.24, 2.45) is 5.92 Å². The Kier molecular flexibility index (Phi) is 4.35. The molecule has 1 atom stereocenters. The van der Waals surface area contributed by atoms with Crippen molar-refractivity contribution in [3.05, 3.63) is 16.5 Å². The van der Waals surface area contributed by atoms with Crippen molar-refractivity contribution in [3.8, 4) is 0 Å². The van der Waals surface area contributed by atoms with Crippen molar-refractivity contribution in [2.75, 3.05) is 26.3 Å². The second kappa shape index (κ2) is 5.90. The first-order valence-corrected chi connectivity index (χ1v) is 9.19. The molecule has 20 heavy (non-hydrogen) atoms. The zero-order valence-electron chi connectivity index (χ0n) is 10.8. The molecule has 0 saturated carbocycles. The number of hydrogen-bond donors (Lipinski definition) is 0. The summed E-state index contributed by atoms with van der Waals surface area (Å²) in [5.41, 5.74) is 0. The van der Waals surface area contributed by atoms with Crippen LogP contribution >= 0.6 is 22.9 Å². The van der Waals surface area contributed by atoms with Crippen LogP contribution in [0.25, 0.3) is 0 Å². The van der Waals surface area contributed by atoms with Crippen LogP contribution in [0.1, 0.15) is 12.8 Å². The lowest BCUT2D eigenvalue weighted by Crippen LogP contribution is -2.43. The first-order chi connectivity index (χ1) is 9.57. The predicted molar refractivity (Wildman–Crippen MR) is 76.5 cm³/mol. The molecule has 0 unspecified atom stereocenters. The van der Waals surface area contributed by atoms with Crippen molar-refractivity contribution in [1.82, 2.24) is 4.31 Å². The minimum Gasteiger partial charge on any atom is -0.350 e. The van der Waals surface area contributed by atoms with E-state index >= 15 is 0 Å². The van der Waals surface area contributed by atoms with Gasteiger partial charge in [-0.25, -0.2) is 8.42 Å². The summed E-state index contributed by atoms with van der Waals surface area (Å²) >= 11 is 6.93. The Labute approximate surface area is 127 Å². The summed E-state index contributed by atoms with van der Waals surface area (Å²) in [6, 6.07) is 3.18. The molecule has 0 aliphatic carbocycles. The molecule has 0 N–H and O–H groups in total. The molecule has 0 bridgehead atoms. The van der Waals surface area contributed by atoms with E-state index in [4.69, 9.17) is 21.1 Å². The van der Waals surface area contributed by atoms with Crippen LogP contribution in [0.5, 0.6) is 0 Å². The van der Waals surface area contributed by atoms with Crippen molar-refractivity contribution in [2.45, 2.75) is 23.3 Å². The molecule has 2 aliphatic rings. The average molecular weight is 338 g/mol. The molecule has 0 radical (unpaired) electrons. The summed E-state index contributed by atoms with van der Waals surface area (Å²) in [5, 5.41) is 0. The van der Waals surface area contributed by atoms with Crippen LogP contribution in [0, 0.1) is 5.92 Å². The van der Waals surface area contributed by atoms with E-state index in [-0.39, 0.29) is 12.2 Å². The maximum Gasteiger partial charge on any atom is 0.252 e. The number of rotatable bonds is 3. The fraction of sp³-hybridized carbons (Fsp3) is 0.667. The zero-order chi connectivity index (χ0) is 14.2. The van der Waals surface area contributed by atoms with Crippen LogP contribution in [0.15, 0.2) is 16.3 Å². The second-order valence-electron chi connectivity index (χ2n) is 4.93. The van der Waals surface area contributed by atoms with Crippen LogP contribution < -0.4 is 0 Å². The lowest BCUT2D eigenvalue weighted by molar-refractivity contribution is -0.0940. The minimum absolute atomic E-state index is 0.108. The predicted octanol–water partition coefficient (Wildman–Crippen LogP) is 2.18. The van der Waals surface area contributed by atoms with E-state index in [0.717, 1.165) is 24.2 Å². The third-order valence-corrected chi connectivity index (χ3v) is 7.16. The Bertz CT molecular complexity index is 568. The van der Waals surface area contributed by atoms with E-state index < -0.39 is 10.0 Å². The first kappa shape index (κ1) is 14.7. The number of ether oxygens (including phenoxy) is 2. The molecule has 112 valence electrons. The molecule has 5 nitrogen and oxygen atoms in total. The molecular formula is C12H16ClNO4S2. The SMILES string of the molecule is O=S(=O)(c1ccc(Cl)s1)N1CCC[C@@H](C2OCCO2)C1. The molecule has 8 heteroatoms. The van der Waals surface area contributed by atoms with Gasteiger partial charge in [0.1, 0.15) is 4.21 Å². The quantitative estimate of drug-likeness (QED) is 0.848. The number of nitrogens with zero attached hydrogens (tertiary/aromatic N) is 1. The number of hydrogen-bond acceptors (Lipinski definition) is 5. The average Bonchev–Trinajstić information content (AvgIpc) is 3.10. The normalized spacial score (nSPS) is 26.1. The highest BCUT2D eigenvalue weighted by atomic mass is 35.5. The summed E-state index contributed by atoms with van der Waals surface area (Å²) < 4.78 is 38.4. The molecule has 0 aromatic carbocycles. The number of piperidine rings is 1. The van der Waals surface area contributed by atoms with E-state index in [1.54, 1.807) is 12.1 Å². The van der Waals surface area contributed by atoms with Crippen molar-refractivity contribution in [1.29, 1.82) is 0 Å². The van der Waals surface area contributed by atoms with Gasteiger partial charge in [-0.1, -0.05) is 11.6 Å². The van der Waals surface area contributed by atoms with Crippen molar-refractivity contribution < 1.29 is 17.9 Å². The molecule has 0 amide bonds. The lowest BCUT2D eigenvalue weighted by Gasteiger charge is -2.33. The molecule has 2 fully saturated rings. The van der Waals surface area contributed by atoms with Gasteiger partial charge in [-0.15, -0.1) is 11.3 Å². The molecule has 0 spiro atoms. The standard InChI is InChI=1S/C12H16ClNO4S2/c13-10-3-4-11(19-10)20(15,16)14-5-1-2-9(8-14)12-17-6-7-18-12/h3-4,9,12H,1-2,5-8H2/t9-/m1/s1. The van der Waals surface area contributed by atoms with Gasteiger partial charge in [0.05, 0.1) is 17.6 Å². The molecular weight excluding hydrogens is 322 g/mol. The Balaban J connectivity index is 1.75. The van der Waals surface area contributed by atoms with Crippen molar-refractivity contribution >= 4 is 33.0 Å². The molecule has 2 saturated heterocycles. The molecule has 3 rings (SSSR count). The Hall–Kier alpha value is -0.180.